The molecule has 2 aromatic carbocycles. The van der Waals surface area contributed by atoms with E-state index in [-0.39, 0.29) is 0 Å². The van der Waals surface area contributed by atoms with Gasteiger partial charge in [0.05, 0.1) is 11.4 Å². The topological polar surface area (TPSA) is 71.3 Å². The van der Waals surface area contributed by atoms with Gasteiger partial charge in [-0.25, -0.2) is 18.4 Å². The Morgan fingerprint density at radius 1 is 0.879 bits per heavy atom. The number of piperazine rings is 1. The Morgan fingerprint density at radius 3 is 2.27 bits per heavy atom. The van der Waals surface area contributed by atoms with Gasteiger partial charge in [0.2, 0.25) is 10.0 Å². The number of hydrogen-bond donors (Lipinski definition) is 0. The molecule has 1 fully saturated rings. The summed E-state index contributed by atoms with van der Waals surface area (Å²) in [5.41, 5.74) is 5.12. The third-order valence-electron chi connectivity index (χ3n) is 6.03. The van der Waals surface area contributed by atoms with Crippen molar-refractivity contribution < 1.29 is 8.42 Å². The first-order valence-electron chi connectivity index (χ1n) is 11.1. The van der Waals surface area contributed by atoms with Crippen molar-refractivity contribution in [3.8, 4) is 5.69 Å². The van der Waals surface area contributed by atoms with Gasteiger partial charge < -0.3 is 0 Å². The van der Waals surface area contributed by atoms with Gasteiger partial charge in [-0.1, -0.05) is 24.3 Å². The summed E-state index contributed by atoms with van der Waals surface area (Å²) in [6, 6.07) is 19.0. The monoisotopic (exact) mass is 461 g/mol. The second-order valence-electron chi connectivity index (χ2n) is 8.55. The number of aryl methyl sites for hydroxylation is 2. The van der Waals surface area contributed by atoms with Crippen LogP contribution in [0.4, 0.5) is 0 Å². The normalized spacial score (nSPS) is 15.8. The smallest absolute Gasteiger partial charge is 0.243 e. The highest BCUT2D eigenvalue weighted by Gasteiger charge is 2.29. The van der Waals surface area contributed by atoms with Crippen LogP contribution in [-0.2, 0) is 16.6 Å². The average molecular weight is 462 g/mol. The van der Waals surface area contributed by atoms with Gasteiger partial charge >= 0.3 is 0 Å². The van der Waals surface area contributed by atoms with Crippen LogP contribution in [0.5, 0.6) is 0 Å². The second kappa shape index (κ2) is 8.70. The molecule has 7 nitrogen and oxygen atoms in total. The molecule has 2 aromatic heterocycles. The Morgan fingerprint density at radius 2 is 1.58 bits per heavy atom. The SMILES string of the molecule is Cc1cc(C)cc(-n2c(CN3CCN(S(=O)(=O)c4ccccc4)CC3)nc3cccnc32)c1. The fourth-order valence-corrected chi connectivity index (χ4v) is 5.93. The molecule has 0 radical (unpaired) electrons. The van der Waals surface area contributed by atoms with Crippen molar-refractivity contribution in [1.29, 1.82) is 0 Å². The molecule has 0 unspecified atom stereocenters. The number of pyridine rings is 1. The van der Waals surface area contributed by atoms with Crippen LogP contribution < -0.4 is 0 Å². The van der Waals surface area contributed by atoms with Crippen molar-refractivity contribution in [3.63, 3.8) is 0 Å². The van der Waals surface area contributed by atoms with Gasteiger partial charge in [0.15, 0.2) is 5.65 Å². The van der Waals surface area contributed by atoms with Crippen LogP contribution in [0.15, 0.2) is 71.8 Å². The van der Waals surface area contributed by atoms with Gasteiger partial charge in [0.1, 0.15) is 11.3 Å². The van der Waals surface area contributed by atoms with E-state index in [4.69, 9.17) is 4.98 Å². The molecule has 8 heteroatoms. The summed E-state index contributed by atoms with van der Waals surface area (Å²) in [6.07, 6.45) is 1.79. The lowest BCUT2D eigenvalue weighted by Gasteiger charge is -2.33. The second-order valence-corrected chi connectivity index (χ2v) is 10.5. The zero-order chi connectivity index (χ0) is 23.0. The molecule has 1 saturated heterocycles. The Hall–Kier alpha value is -3.07. The lowest BCUT2D eigenvalue weighted by Crippen LogP contribution is -2.48. The van der Waals surface area contributed by atoms with E-state index in [0.29, 0.717) is 37.6 Å². The first kappa shape index (κ1) is 21.8. The molecule has 0 aliphatic carbocycles. The minimum atomic E-state index is -3.46. The van der Waals surface area contributed by atoms with E-state index in [1.807, 2.05) is 18.2 Å². The van der Waals surface area contributed by atoms with Gasteiger partial charge in [0, 0.05) is 38.1 Å². The number of hydrogen-bond acceptors (Lipinski definition) is 5. The quantitative estimate of drug-likeness (QED) is 0.455. The predicted octanol–water partition coefficient (Wildman–Crippen LogP) is 3.54. The summed E-state index contributed by atoms with van der Waals surface area (Å²) < 4.78 is 29.6. The van der Waals surface area contributed by atoms with Gasteiger partial charge in [0.25, 0.3) is 0 Å². The molecule has 0 N–H and O–H groups in total. The van der Waals surface area contributed by atoms with Crippen LogP contribution >= 0.6 is 0 Å². The van der Waals surface area contributed by atoms with E-state index in [1.165, 1.54) is 11.1 Å². The molecule has 1 aliphatic heterocycles. The van der Waals surface area contributed by atoms with Crippen LogP contribution in [0.3, 0.4) is 0 Å². The first-order chi connectivity index (χ1) is 15.9. The Labute approximate surface area is 194 Å². The number of imidazole rings is 1. The molecule has 0 bridgehead atoms. The number of rotatable bonds is 5. The summed E-state index contributed by atoms with van der Waals surface area (Å²) in [7, 11) is -3.46. The van der Waals surface area contributed by atoms with Crippen molar-refractivity contribution in [1.82, 2.24) is 23.7 Å². The fourth-order valence-electron chi connectivity index (χ4n) is 4.49. The van der Waals surface area contributed by atoms with Gasteiger partial charge in [-0.15, -0.1) is 0 Å². The highest BCUT2D eigenvalue weighted by atomic mass is 32.2. The molecule has 170 valence electrons. The first-order valence-corrected chi connectivity index (χ1v) is 12.5. The standard InChI is InChI=1S/C25H27N5O2S/c1-19-15-20(2)17-21(16-19)30-24(27-23-9-6-10-26-25(23)30)18-28-11-13-29(14-12-28)33(31,32)22-7-4-3-5-8-22/h3-10,15-17H,11-14,18H2,1-2H3. The zero-order valence-corrected chi connectivity index (χ0v) is 19.7. The van der Waals surface area contributed by atoms with Crippen molar-refractivity contribution in [2.45, 2.75) is 25.3 Å². The van der Waals surface area contributed by atoms with E-state index >= 15 is 0 Å². The molecule has 0 amide bonds. The van der Waals surface area contributed by atoms with E-state index in [9.17, 15) is 8.42 Å². The van der Waals surface area contributed by atoms with Crippen LogP contribution in [0, 0.1) is 13.8 Å². The molecular weight excluding hydrogens is 434 g/mol. The molecule has 33 heavy (non-hydrogen) atoms. The minimum Gasteiger partial charge on any atom is -0.293 e. The van der Waals surface area contributed by atoms with Gasteiger partial charge in [-0.3, -0.25) is 9.47 Å². The van der Waals surface area contributed by atoms with Crippen molar-refractivity contribution in [2.24, 2.45) is 0 Å². The van der Waals surface area contributed by atoms with E-state index in [0.717, 1.165) is 22.7 Å². The third-order valence-corrected chi connectivity index (χ3v) is 7.94. The van der Waals surface area contributed by atoms with E-state index in [1.54, 1.807) is 34.8 Å². The summed E-state index contributed by atoms with van der Waals surface area (Å²) >= 11 is 0. The Balaban J connectivity index is 1.40. The number of aromatic nitrogens is 3. The van der Waals surface area contributed by atoms with Crippen LogP contribution in [0.2, 0.25) is 0 Å². The molecule has 3 heterocycles. The molecule has 5 rings (SSSR count). The lowest BCUT2D eigenvalue weighted by molar-refractivity contribution is 0.177. The molecule has 4 aromatic rings. The summed E-state index contributed by atoms with van der Waals surface area (Å²) in [4.78, 5) is 12.1. The maximum atomic E-state index is 13.0. The highest BCUT2D eigenvalue weighted by Crippen LogP contribution is 2.24. The zero-order valence-electron chi connectivity index (χ0n) is 18.8. The lowest BCUT2D eigenvalue weighted by atomic mass is 10.1. The molecule has 0 saturated carbocycles. The summed E-state index contributed by atoms with van der Waals surface area (Å²) in [5.74, 6) is 0.910. The third kappa shape index (κ3) is 4.29. The van der Waals surface area contributed by atoms with Gasteiger partial charge in [-0.2, -0.15) is 4.31 Å². The molecular formula is C25H27N5O2S. The number of fused-ring (bicyclic) bond motifs is 1. The van der Waals surface area contributed by atoms with Crippen molar-refractivity contribution in [2.75, 3.05) is 26.2 Å². The van der Waals surface area contributed by atoms with Crippen LogP contribution in [0.25, 0.3) is 16.9 Å². The maximum Gasteiger partial charge on any atom is 0.243 e. The largest absolute Gasteiger partial charge is 0.293 e. The van der Waals surface area contributed by atoms with Crippen LogP contribution in [-0.4, -0.2) is 58.3 Å². The van der Waals surface area contributed by atoms with E-state index in [2.05, 4.69) is 46.5 Å². The number of sulfonamides is 1. The van der Waals surface area contributed by atoms with Crippen molar-refractivity contribution >= 4 is 21.2 Å². The Bertz CT molecular complexity index is 1370. The van der Waals surface area contributed by atoms with Gasteiger partial charge in [-0.05, 0) is 61.4 Å². The predicted molar refractivity (Wildman–Crippen MR) is 129 cm³/mol. The number of nitrogens with zero attached hydrogens (tertiary/aromatic N) is 5. The molecule has 1 aliphatic rings. The molecule has 0 atom stereocenters. The average Bonchev–Trinajstić information content (AvgIpc) is 3.17. The summed E-state index contributed by atoms with van der Waals surface area (Å²) in [6.45, 7) is 7.02. The molecule has 0 spiro atoms. The van der Waals surface area contributed by atoms with Crippen LogP contribution in [0.1, 0.15) is 17.0 Å². The number of benzene rings is 2. The maximum absolute atomic E-state index is 13.0. The fraction of sp³-hybridized carbons (Fsp3) is 0.280. The van der Waals surface area contributed by atoms with E-state index < -0.39 is 10.0 Å². The Kier molecular flexibility index (Phi) is 5.74. The highest BCUT2D eigenvalue weighted by molar-refractivity contribution is 7.89. The van der Waals surface area contributed by atoms with Crippen molar-refractivity contribution in [3.05, 3.63) is 83.8 Å². The summed E-state index contributed by atoms with van der Waals surface area (Å²) in [5, 5.41) is 0. The minimum absolute atomic E-state index is 0.348.